The Morgan fingerprint density at radius 3 is 2.89 bits per heavy atom. The minimum Gasteiger partial charge on any atom is -0.259 e. The van der Waals surface area contributed by atoms with E-state index in [1.165, 1.54) is 5.56 Å². The zero-order chi connectivity index (χ0) is 12.8. The van der Waals surface area contributed by atoms with E-state index < -0.39 is 0 Å². The summed E-state index contributed by atoms with van der Waals surface area (Å²) in [5, 5.41) is 16.5. The van der Waals surface area contributed by atoms with Gasteiger partial charge in [-0.3, -0.25) is 4.98 Å². The second-order valence-electron chi connectivity index (χ2n) is 4.08. The number of nitrogens with zero attached hydrogens (tertiary/aromatic N) is 5. The zero-order valence-electron chi connectivity index (χ0n) is 10.4. The van der Waals surface area contributed by atoms with Crippen molar-refractivity contribution in [3.8, 4) is 6.07 Å². The smallest absolute Gasteiger partial charge is 0.0849 e. The van der Waals surface area contributed by atoms with Gasteiger partial charge in [0.2, 0.25) is 0 Å². The van der Waals surface area contributed by atoms with E-state index >= 15 is 0 Å². The lowest BCUT2D eigenvalue weighted by molar-refractivity contribution is 0.638. The second kappa shape index (κ2) is 5.92. The highest BCUT2D eigenvalue weighted by atomic mass is 15.4. The van der Waals surface area contributed by atoms with Crippen molar-refractivity contribution in [1.82, 2.24) is 20.0 Å². The van der Waals surface area contributed by atoms with Gasteiger partial charge in [0.25, 0.3) is 0 Å². The van der Waals surface area contributed by atoms with Gasteiger partial charge in [0.15, 0.2) is 0 Å². The summed E-state index contributed by atoms with van der Waals surface area (Å²) in [5.74, 6) is 0. The molecule has 0 aliphatic carbocycles. The minimum absolute atomic E-state index is 0.474. The molecule has 2 rings (SSSR count). The monoisotopic (exact) mass is 241 g/mol. The Labute approximate surface area is 106 Å². The number of aryl methyl sites for hydroxylation is 2. The van der Waals surface area contributed by atoms with Crippen molar-refractivity contribution in [2.45, 2.75) is 32.7 Å². The summed E-state index contributed by atoms with van der Waals surface area (Å²) in [7, 11) is 0. The maximum absolute atomic E-state index is 8.50. The molecule has 0 aliphatic heterocycles. The lowest BCUT2D eigenvalue weighted by Crippen LogP contribution is -2.02. The molecule has 5 heteroatoms. The highest BCUT2D eigenvalue weighted by Gasteiger charge is 2.02. The number of rotatable bonds is 5. The number of nitriles is 1. The molecule has 5 nitrogen and oxygen atoms in total. The van der Waals surface area contributed by atoms with E-state index in [2.05, 4.69) is 34.4 Å². The number of aromatic nitrogens is 4. The van der Waals surface area contributed by atoms with Gasteiger partial charge in [-0.25, -0.2) is 4.68 Å². The molecule has 0 N–H and O–H groups in total. The van der Waals surface area contributed by atoms with E-state index in [0.717, 1.165) is 17.8 Å². The Morgan fingerprint density at radius 2 is 2.22 bits per heavy atom. The summed E-state index contributed by atoms with van der Waals surface area (Å²) >= 11 is 0. The molecule has 18 heavy (non-hydrogen) atoms. The molecule has 2 aromatic rings. The maximum Gasteiger partial charge on any atom is 0.0849 e. The fourth-order valence-electron chi connectivity index (χ4n) is 1.64. The summed E-state index contributed by atoms with van der Waals surface area (Å²) in [5.41, 5.74) is 3.04. The fourth-order valence-corrected chi connectivity index (χ4v) is 1.64. The van der Waals surface area contributed by atoms with Gasteiger partial charge in [-0.15, -0.1) is 5.10 Å². The van der Waals surface area contributed by atoms with Crippen LogP contribution < -0.4 is 0 Å². The van der Waals surface area contributed by atoms with Crippen LogP contribution in [0.3, 0.4) is 0 Å². The summed E-state index contributed by atoms with van der Waals surface area (Å²) in [6.07, 6.45) is 5.88. The Balaban J connectivity index is 2.00. The van der Waals surface area contributed by atoms with Crippen molar-refractivity contribution < 1.29 is 0 Å². The van der Waals surface area contributed by atoms with Crippen LogP contribution in [-0.4, -0.2) is 20.0 Å². The largest absolute Gasteiger partial charge is 0.259 e. The van der Waals surface area contributed by atoms with Crippen LogP contribution in [0.15, 0.2) is 24.5 Å². The molecule has 0 saturated heterocycles. The molecule has 0 aromatic carbocycles. The van der Waals surface area contributed by atoms with Crippen LogP contribution in [-0.2, 0) is 19.4 Å². The van der Waals surface area contributed by atoms with Gasteiger partial charge in [0.05, 0.1) is 24.0 Å². The highest BCUT2D eigenvalue weighted by Crippen LogP contribution is 2.04. The first-order chi connectivity index (χ1) is 8.81. The molecular weight excluding hydrogens is 226 g/mol. The van der Waals surface area contributed by atoms with Crippen LogP contribution in [0.5, 0.6) is 0 Å². The van der Waals surface area contributed by atoms with Crippen molar-refractivity contribution >= 4 is 0 Å². The van der Waals surface area contributed by atoms with E-state index in [-0.39, 0.29) is 0 Å². The molecule has 0 saturated carbocycles. The Hall–Kier alpha value is -2.22. The van der Waals surface area contributed by atoms with Crippen LogP contribution in [0, 0.1) is 11.3 Å². The van der Waals surface area contributed by atoms with Gasteiger partial charge >= 0.3 is 0 Å². The molecule has 0 bridgehead atoms. The molecule has 0 fully saturated rings. The van der Waals surface area contributed by atoms with E-state index in [0.29, 0.717) is 19.4 Å². The van der Waals surface area contributed by atoms with Crippen LogP contribution in [0.2, 0.25) is 0 Å². The van der Waals surface area contributed by atoms with Crippen molar-refractivity contribution in [2.75, 3.05) is 0 Å². The second-order valence-corrected chi connectivity index (χ2v) is 4.08. The molecular formula is C13H15N5. The quantitative estimate of drug-likeness (QED) is 0.799. The summed E-state index contributed by atoms with van der Waals surface area (Å²) in [4.78, 5) is 4.38. The third-order valence-electron chi connectivity index (χ3n) is 2.70. The zero-order valence-corrected chi connectivity index (χ0v) is 10.4. The van der Waals surface area contributed by atoms with Crippen LogP contribution in [0.1, 0.15) is 30.3 Å². The predicted octanol–water partition coefficient (Wildman–Crippen LogP) is 1.74. The Kier molecular flexibility index (Phi) is 4.02. The fraction of sp³-hybridized carbons (Fsp3) is 0.385. The van der Waals surface area contributed by atoms with Gasteiger partial charge in [0, 0.05) is 25.2 Å². The van der Waals surface area contributed by atoms with Crippen molar-refractivity contribution in [3.63, 3.8) is 0 Å². The number of pyridine rings is 1. The van der Waals surface area contributed by atoms with Crippen LogP contribution in [0.4, 0.5) is 0 Å². The average molecular weight is 241 g/mol. The van der Waals surface area contributed by atoms with E-state index in [1.54, 1.807) is 4.68 Å². The van der Waals surface area contributed by atoms with Crippen LogP contribution >= 0.6 is 0 Å². The van der Waals surface area contributed by atoms with Crippen molar-refractivity contribution in [2.24, 2.45) is 0 Å². The van der Waals surface area contributed by atoms with Crippen LogP contribution in [0.25, 0.3) is 0 Å². The summed E-state index contributed by atoms with van der Waals surface area (Å²) in [6.45, 7) is 2.72. The van der Waals surface area contributed by atoms with E-state index in [1.807, 2.05) is 18.5 Å². The first-order valence-electron chi connectivity index (χ1n) is 6.01. The van der Waals surface area contributed by atoms with E-state index in [4.69, 9.17) is 5.26 Å². The lowest BCUT2D eigenvalue weighted by Gasteiger charge is -2.01. The predicted molar refractivity (Wildman–Crippen MR) is 66.7 cm³/mol. The van der Waals surface area contributed by atoms with Gasteiger partial charge in [0.1, 0.15) is 0 Å². The third-order valence-corrected chi connectivity index (χ3v) is 2.70. The lowest BCUT2D eigenvalue weighted by atomic mass is 10.2. The van der Waals surface area contributed by atoms with E-state index in [9.17, 15) is 0 Å². The van der Waals surface area contributed by atoms with Crippen molar-refractivity contribution in [1.29, 1.82) is 5.26 Å². The topological polar surface area (TPSA) is 67.4 Å². The minimum atomic E-state index is 0.474. The maximum atomic E-state index is 8.50. The molecule has 0 amide bonds. The molecule has 2 aromatic heterocycles. The molecule has 0 radical (unpaired) electrons. The summed E-state index contributed by atoms with van der Waals surface area (Å²) < 4.78 is 1.75. The molecule has 92 valence electrons. The Morgan fingerprint density at radius 1 is 1.33 bits per heavy atom. The van der Waals surface area contributed by atoms with Crippen molar-refractivity contribution in [3.05, 3.63) is 41.5 Å². The SMILES string of the molecule is CCc1ccc(Cn2cc(CCC#N)nn2)nc1. The number of hydrogen-bond acceptors (Lipinski definition) is 4. The standard InChI is InChI=1S/C13H15N5/c1-2-11-5-6-12(15-8-11)9-18-10-13(16-17-18)4-3-7-14/h5-6,8,10H,2-4,9H2,1H3. The molecule has 0 atom stereocenters. The normalized spacial score (nSPS) is 10.2. The number of hydrogen-bond donors (Lipinski definition) is 0. The molecule has 0 aliphatic rings. The summed E-state index contributed by atoms with van der Waals surface area (Å²) in [6, 6.07) is 6.19. The third kappa shape index (κ3) is 3.14. The molecule has 0 unspecified atom stereocenters. The highest BCUT2D eigenvalue weighted by molar-refractivity contribution is 5.14. The average Bonchev–Trinajstić information content (AvgIpc) is 2.85. The molecule has 2 heterocycles. The van der Waals surface area contributed by atoms with Gasteiger partial charge < -0.3 is 0 Å². The molecule has 0 spiro atoms. The first kappa shape index (κ1) is 12.2. The Bertz CT molecular complexity index is 535. The van der Waals surface area contributed by atoms with Gasteiger partial charge in [-0.2, -0.15) is 5.26 Å². The first-order valence-corrected chi connectivity index (χ1v) is 6.01. The van der Waals surface area contributed by atoms with Gasteiger partial charge in [-0.05, 0) is 18.1 Å². The van der Waals surface area contributed by atoms with Gasteiger partial charge in [-0.1, -0.05) is 18.2 Å².